The van der Waals surface area contributed by atoms with Crippen molar-refractivity contribution in [2.75, 3.05) is 12.8 Å². The lowest BCUT2D eigenvalue weighted by Crippen LogP contribution is -2.47. The molecule has 3 atom stereocenters. The first-order chi connectivity index (χ1) is 8.87. The molecule has 1 amide bonds. The SMILES string of the molecule is CSC1CCCCC1NC(=O)C(CN)CC(C)(C)C. The van der Waals surface area contributed by atoms with Crippen molar-refractivity contribution in [3.63, 3.8) is 0 Å². The Morgan fingerprint density at radius 2 is 2.00 bits per heavy atom. The summed E-state index contributed by atoms with van der Waals surface area (Å²) in [5.41, 5.74) is 5.93. The minimum atomic E-state index is -0.0515. The van der Waals surface area contributed by atoms with E-state index in [1.807, 2.05) is 11.8 Å². The van der Waals surface area contributed by atoms with Crippen LogP contribution in [-0.2, 0) is 4.79 Å². The predicted octanol–water partition coefficient (Wildman–Crippen LogP) is 2.79. The van der Waals surface area contributed by atoms with Gasteiger partial charge in [-0.1, -0.05) is 33.6 Å². The normalized spacial score (nSPS) is 25.9. The number of hydrogen-bond donors (Lipinski definition) is 2. The predicted molar refractivity (Wildman–Crippen MR) is 84.3 cm³/mol. The van der Waals surface area contributed by atoms with E-state index in [0.717, 1.165) is 12.8 Å². The Morgan fingerprint density at radius 1 is 1.37 bits per heavy atom. The highest BCUT2D eigenvalue weighted by Crippen LogP contribution is 2.28. The molecule has 0 radical (unpaired) electrons. The fraction of sp³-hybridized carbons (Fsp3) is 0.933. The Morgan fingerprint density at radius 3 is 2.53 bits per heavy atom. The molecule has 0 aromatic rings. The average Bonchev–Trinajstić information content (AvgIpc) is 2.35. The first-order valence-electron chi connectivity index (χ1n) is 7.40. The number of carbonyl (C=O) groups excluding carboxylic acids is 1. The van der Waals surface area contributed by atoms with E-state index >= 15 is 0 Å². The third kappa shape index (κ3) is 5.74. The molecule has 0 aliphatic heterocycles. The van der Waals surface area contributed by atoms with E-state index < -0.39 is 0 Å². The molecule has 3 N–H and O–H groups in total. The highest BCUT2D eigenvalue weighted by atomic mass is 32.2. The molecule has 0 heterocycles. The molecule has 3 unspecified atom stereocenters. The minimum absolute atomic E-state index is 0.0515. The molecule has 0 spiro atoms. The minimum Gasteiger partial charge on any atom is -0.352 e. The molecule has 4 heteroatoms. The van der Waals surface area contributed by atoms with Gasteiger partial charge in [0.15, 0.2) is 0 Å². The van der Waals surface area contributed by atoms with Crippen molar-refractivity contribution in [1.82, 2.24) is 5.32 Å². The van der Waals surface area contributed by atoms with E-state index in [1.165, 1.54) is 19.3 Å². The number of rotatable bonds is 5. The Bertz CT molecular complexity index is 288. The topological polar surface area (TPSA) is 55.1 Å². The molecule has 1 fully saturated rings. The summed E-state index contributed by atoms with van der Waals surface area (Å²) in [4.78, 5) is 12.4. The average molecular weight is 286 g/mol. The molecule has 19 heavy (non-hydrogen) atoms. The molecule has 1 saturated carbocycles. The third-order valence-corrected chi connectivity index (χ3v) is 5.02. The largest absolute Gasteiger partial charge is 0.352 e. The summed E-state index contributed by atoms with van der Waals surface area (Å²) in [6.07, 6.45) is 7.86. The molecule has 0 aromatic carbocycles. The summed E-state index contributed by atoms with van der Waals surface area (Å²) >= 11 is 1.88. The molecule has 0 saturated heterocycles. The molecule has 3 nitrogen and oxygen atoms in total. The maximum absolute atomic E-state index is 12.4. The lowest BCUT2D eigenvalue weighted by Gasteiger charge is -2.33. The van der Waals surface area contributed by atoms with E-state index in [2.05, 4.69) is 32.3 Å². The Labute approximate surface area is 122 Å². The Kier molecular flexibility index (Phi) is 6.67. The zero-order chi connectivity index (χ0) is 14.5. The standard InChI is InChI=1S/C15H30N2OS/c1-15(2,3)9-11(10-16)14(18)17-12-7-5-6-8-13(12)19-4/h11-13H,5-10,16H2,1-4H3,(H,17,18). The van der Waals surface area contributed by atoms with Gasteiger partial charge in [-0.05, 0) is 30.9 Å². The highest BCUT2D eigenvalue weighted by molar-refractivity contribution is 7.99. The van der Waals surface area contributed by atoms with Gasteiger partial charge >= 0.3 is 0 Å². The van der Waals surface area contributed by atoms with Gasteiger partial charge < -0.3 is 11.1 Å². The quantitative estimate of drug-likeness (QED) is 0.817. The van der Waals surface area contributed by atoms with Crippen LogP contribution >= 0.6 is 11.8 Å². The molecule has 1 aliphatic carbocycles. The molecule has 1 aliphatic rings. The van der Waals surface area contributed by atoms with Crippen LogP contribution in [0.2, 0.25) is 0 Å². The van der Waals surface area contributed by atoms with Crippen molar-refractivity contribution in [3.8, 4) is 0 Å². The van der Waals surface area contributed by atoms with Gasteiger partial charge in [-0.25, -0.2) is 0 Å². The summed E-state index contributed by atoms with van der Waals surface area (Å²) in [6.45, 7) is 6.93. The fourth-order valence-corrected chi connectivity index (χ4v) is 3.80. The number of thioether (sulfide) groups is 1. The van der Waals surface area contributed by atoms with Crippen molar-refractivity contribution < 1.29 is 4.79 Å². The Balaban J connectivity index is 2.55. The van der Waals surface area contributed by atoms with Crippen LogP contribution in [0.15, 0.2) is 0 Å². The monoisotopic (exact) mass is 286 g/mol. The number of amides is 1. The van der Waals surface area contributed by atoms with Crippen LogP contribution in [0.4, 0.5) is 0 Å². The summed E-state index contributed by atoms with van der Waals surface area (Å²) in [5.74, 6) is 0.104. The first kappa shape index (κ1) is 16.8. The van der Waals surface area contributed by atoms with Gasteiger partial charge in [0.25, 0.3) is 0 Å². The number of hydrogen-bond acceptors (Lipinski definition) is 3. The maximum atomic E-state index is 12.4. The molecular formula is C15H30N2OS. The molecule has 1 rings (SSSR count). The van der Waals surface area contributed by atoms with E-state index in [1.54, 1.807) is 0 Å². The van der Waals surface area contributed by atoms with E-state index in [4.69, 9.17) is 5.73 Å². The van der Waals surface area contributed by atoms with Crippen LogP contribution in [0.25, 0.3) is 0 Å². The molecule has 0 aromatic heterocycles. The van der Waals surface area contributed by atoms with Gasteiger partial charge in [0.2, 0.25) is 5.91 Å². The molecule has 0 bridgehead atoms. The van der Waals surface area contributed by atoms with Crippen molar-refractivity contribution in [2.24, 2.45) is 17.1 Å². The van der Waals surface area contributed by atoms with Crippen molar-refractivity contribution in [1.29, 1.82) is 0 Å². The maximum Gasteiger partial charge on any atom is 0.224 e. The van der Waals surface area contributed by atoms with E-state index in [-0.39, 0.29) is 17.2 Å². The second-order valence-electron chi connectivity index (χ2n) is 6.87. The number of nitrogens with two attached hydrogens (primary N) is 1. The van der Waals surface area contributed by atoms with Crippen LogP contribution in [-0.4, -0.2) is 30.0 Å². The van der Waals surface area contributed by atoms with E-state index in [0.29, 0.717) is 17.8 Å². The zero-order valence-corrected chi connectivity index (χ0v) is 13.7. The van der Waals surface area contributed by atoms with Gasteiger partial charge in [0.1, 0.15) is 0 Å². The lowest BCUT2D eigenvalue weighted by atomic mass is 9.84. The highest BCUT2D eigenvalue weighted by Gasteiger charge is 2.29. The number of nitrogens with one attached hydrogen (secondary N) is 1. The van der Waals surface area contributed by atoms with Crippen LogP contribution in [0, 0.1) is 11.3 Å². The van der Waals surface area contributed by atoms with Crippen LogP contribution in [0.1, 0.15) is 52.9 Å². The summed E-state index contributed by atoms with van der Waals surface area (Å²) < 4.78 is 0. The fourth-order valence-electron chi connectivity index (χ4n) is 2.87. The number of carbonyl (C=O) groups is 1. The molecule has 112 valence electrons. The van der Waals surface area contributed by atoms with Crippen LogP contribution in [0.3, 0.4) is 0 Å². The smallest absolute Gasteiger partial charge is 0.224 e. The van der Waals surface area contributed by atoms with Crippen molar-refractivity contribution in [2.45, 2.75) is 64.2 Å². The van der Waals surface area contributed by atoms with Gasteiger partial charge in [0.05, 0.1) is 5.92 Å². The first-order valence-corrected chi connectivity index (χ1v) is 8.69. The van der Waals surface area contributed by atoms with Gasteiger partial charge in [-0.2, -0.15) is 11.8 Å². The van der Waals surface area contributed by atoms with Crippen molar-refractivity contribution >= 4 is 17.7 Å². The second kappa shape index (κ2) is 7.53. The molecular weight excluding hydrogens is 256 g/mol. The Hall–Kier alpha value is -0.220. The van der Waals surface area contributed by atoms with Crippen LogP contribution < -0.4 is 11.1 Å². The van der Waals surface area contributed by atoms with Gasteiger partial charge in [0, 0.05) is 17.8 Å². The second-order valence-corrected chi connectivity index (χ2v) is 7.95. The summed E-state index contributed by atoms with van der Waals surface area (Å²) in [6, 6.07) is 0.338. The lowest BCUT2D eigenvalue weighted by molar-refractivity contribution is -0.126. The summed E-state index contributed by atoms with van der Waals surface area (Å²) in [7, 11) is 0. The van der Waals surface area contributed by atoms with Gasteiger partial charge in [-0.3, -0.25) is 4.79 Å². The van der Waals surface area contributed by atoms with Crippen molar-refractivity contribution in [3.05, 3.63) is 0 Å². The van der Waals surface area contributed by atoms with Gasteiger partial charge in [-0.15, -0.1) is 0 Å². The third-order valence-electron chi connectivity index (χ3n) is 3.85. The summed E-state index contributed by atoms with van der Waals surface area (Å²) in [5, 5.41) is 3.83. The zero-order valence-electron chi connectivity index (χ0n) is 12.9. The van der Waals surface area contributed by atoms with E-state index in [9.17, 15) is 4.79 Å². The van der Waals surface area contributed by atoms with Crippen LogP contribution in [0.5, 0.6) is 0 Å².